The highest BCUT2D eigenvalue weighted by Crippen LogP contribution is 2.40. The van der Waals surface area contributed by atoms with Crippen LogP contribution in [0.15, 0.2) is 66.7 Å². The molecular formula is C30H25F2N3O2. The van der Waals surface area contributed by atoms with Crippen LogP contribution >= 0.6 is 0 Å². The van der Waals surface area contributed by atoms with E-state index in [0.717, 1.165) is 34.6 Å². The Bertz CT molecular complexity index is 1590. The van der Waals surface area contributed by atoms with Crippen LogP contribution in [0.2, 0.25) is 0 Å². The number of benzene rings is 3. The molecule has 0 saturated carbocycles. The van der Waals surface area contributed by atoms with Gasteiger partial charge in [0.15, 0.2) is 11.6 Å². The first-order valence-electron chi connectivity index (χ1n) is 11.9. The molecule has 5 nitrogen and oxygen atoms in total. The summed E-state index contributed by atoms with van der Waals surface area (Å²) < 4.78 is 27.3. The first kappa shape index (κ1) is 24.2. The molecule has 1 aromatic heterocycles. The average Bonchev–Trinajstić information content (AvgIpc) is 3.31. The van der Waals surface area contributed by atoms with Gasteiger partial charge in [-0.25, -0.2) is 8.78 Å². The minimum absolute atomic E-state index is 0.0676. The molecule has 1 aliphatic heterocycles. The van der Waals surface area contributed by atoms with Crippen molar-refractivity contribution in [3.63, 3.8) is 0 Å². The molecule has 0 aliphatic carbocycles. The Morgan fingerprint density at radius 3 is 2.49 bits per heavy atom. The molecule has 0 radical (unpaired) electrons. The van der Waals surface area contributed by atoms with Crippen LogP contribution in [0.1, 0.15) is 44.0 Å². The third-order valence-electron chi connectivity index (χ3n) is 6.39. The maximum absolute atomic E-state index is 13.9. The Morgan fingerprint density at radius 2 is 1.78 bits per heavy atom. The fourth-order valence-corrected chi connectivity index (χ4v) is 4.59. The molecule has 37 heavy (non-hydrogen) atoms. The van der Waals surface area contributed by atoms with E-state index in [1.165, 1.54) is 11.0 Å². The van der Waals surface area contributed by atoms with Gasteiger partial charge in [0.1, 0.15) is 0 Å². The normalized spacial score (nSPS) is 13.8. The molecule has 186 valence electrons. The summed E-state index contributed by atoms with van der Waals surface area (Å²) >= 11 is 0. The molecule has 0 bridgehead atoms. The zero-order chi connectivity index (χ0) is 26.3. The minimum Gasteiger partial charge on any atom is -0.359 e. The highest BCUT2D eigenvalue weighted by Gasteiger charge is 2.33. The Morgan fingerprint density at radius 1 is 0.973 bits per heavy atom. The van der Waals surface area contributed by atoms with E-state index in [1.807, 2.05) is 39.0 Å². The van der Waals surface area contributed by atoms with E-state index in [0.29, 0.717) is 33.6 Å². The summed E-state index contributed by atoms with van der Waals surface area (Å²) in [6, 6.07) is 18.1. The van der Waals surface area contributed by atoms with Crippen molar-refractivity contribution in [1.29, 1.82) is 0 Å². The predicted molar refractivity (Wildman–Crippen MR) is 141 cm³/mol. The van der Waals surface area contributed by atoms with Gasteiger partial charge in [-0.1, -0.05) is 23.8 Å². The van der Waals surface area contributed by atoms with Gasteiger partial charge >= 0.3 is 0 Å². The Balaban J connectivity index is 1.54. The van der Waals surface area contributed by atoms with Gasteiger partial charge in [-0.05, 0) is 86.5 Å². The van der Waals surface area contributed by atoms with Crippen molar-refractivity contribution in [2.45, 2.75) is 27.3 Å². The molecule has 3 aromatic carbocycles. The number of carbonyl (C=O) groups excluding carboxylic acids is 2. The fraction of sp³-hybridized carbons (Fsp3) is 0.133. The molecule has 2 amide bonds. The number of hydrogen-bond acceptors (Lipinski definition) is 2. The minimum atomic E-state index is -0.966. The van der Waals surface area contributed by atoms with Gasteiger partial charge in [-0.2, -0.15) is 0 Å². The topological polar surface area (TPSA) is 65.2 Å². The van der Waals surface area contributed by atoms with E-state index in [-0.39, 0.29) is 18.4 Å². The van der Waals surface area contributed by atoms with E-state index in [2.05, 4.69) is 10.3 Å². The summed E-state index contributed by atoms with van der Waals surface area (Å²) in [5.74, 6) is -2.43. The quantitative estimate of drug-likeness (QED) is 0.307. The summed E-state index contributed by atoms with van der Waals surface area (Å²) in [5.41, 5.74) is 6.96. The van der Waals surface area contributed by atoms with Gasteiger partial charge in [0.2, 0.25) is 0 Å². The number of anilines is 2. The van der Waals surface area contributed by atoms with Gasteiger partial charge < -0.3 is 15.2 Å². The number of hydrogen-bond donors (Lipinski definition) is 2. The smallest absolute Gasteiger partial charge is 0.259 e. The van der Waals surface area contributed by atoms with E-state index >= 15 is 0 Å². The van der Waals surface area contributed by atoms with Crippen LogP contribution in [0, 0.1) is 32.4 Å². The van der Waals surface area contributed by atoms with Crippen LogP contribution in [-0.4, -0.2) is 16.8 Å². The molecule has 2 N–H and O–H groups in total. The van der Waals surface area contributed by atoms with E-state index in [4.69, 9.17) is 0 Å². The second-order valence-electron chi connectivity index (χ2n) is 9.30. The van der Waals surface area contributed by atoms with E-state index in [9.17, 15) is 18.4 Å². The third-order valence-corrected chi connectivity index (χ3v) is 6.39. The lowest BCUT2D eigenvalue weighted by molar-refractivity contribution is -0.113. The zero-order valence-corrected chi connectivity index (χ0v) is 20.7. The first-order chi connectivity index (χ1) is 17.7. The van der Waals surface area contributed by atoms with Gasteiger partial charge in [-0.15, -0.1) is 0 Å². The molecule has 0 spiro atoms. The molecule has 4 aromatic rings. The zero-order valence-electron chi connectivity index (χ0n) is 20.7. The summed E-state index contributed by atoms with van der Waals surface area (Å²) in [6.07, 6.45) is 1.79. The standard InChI is InChI=1S/C30H25F2N3O2/c1-17-5-4-6-21(11-17)29(36)34-22-8-10-28-23(14-22)24(15-27-18(2)12-19(3)33-27)30(37)35(28)16-20-7-9-25(31)26(32)13-20/h4-15,33H,16H2,1-3H3,(H,34,36)/b24-15-. The van der Waals surface area contributed by atoms with Crippen LogP contribution in [-0.2, 0) is 11.3 Å². The van der Waals surface area contributed by atoms with Gasteiger partial charge in [-0.3, -0.25) is 9.59 Å². The molecule has 5 rings (SSSR count). The van der Waals surface area contributed by atoms with Crippen LogP contribution in [0.4, 0.5) is 20.2 Å². The Labute approximate surface area is 213 Å². The number of fused-ring (bicyclic) bond motifs is 1. The first-order valence-corrected chi connectivity index (χ1v) is 11.9. The van der Waals surface area contributed by atoms with Gasteiger partial charge in [0, 0.05) is 28.2 Å². The van der Waals surface area contributed by atoms with Crippen molar-refractivity contribution in [1.82, 2.24) is 4.98 Å². The molecule has 0 unspecified atom stereocenters. The number of amides is 2. The number of nitrogens with one attached hydrogen (secondary N) is 2. The molecule has 2 heterocycles. The van der Waals surface area contributed by atoms with Crippen LogP contribution in [0.5, 0.6) is 0 Å². The average molecular weight is 498 g/mol. The van der Waals surface area contributed by atoms with Crippen molar-refractivity contribution < 1.29 is 18.4 Å². The fourth-order valence-electron chi connectivity index (χ4n) is 4.59. The molecule has 0 fully saturated rings. The molecule has 0 atom stereocenters. The molecular weight excluding hydrogens is 472 g/mol. The third kappa shape index (κ3) is 4.80. The summed E-state index contributed by atoms with van der Waals surface area (Å²) in [4.78, 5) is 31.3. The van der Waals surface area contributed by atoms with Crippen LogP contribution in [0.3, 0.4) is 0 Å². The summed E-state index contributed by atoms with van der Waals surface area (Å²) in [5, 5.41) is 2.91. The molecule has 1 aliphatic rings. The summed E-state index contributed by atoms with van der Waals surface area (Å²) in [6.45, 7) is 5.88. The number of nitrogens with zero attached hydrogens (tertiary/aromatic N) is 1. The predicted octanol–water partition coefficient (Wildman–Crippen LogP) is 6.56. The Kier molecular flexibility index (Phi) is 6.21. The van der Waals surface area contributed by atoms with Crippen LogP contribution < -0.4 is 10.2 Å². The lowest BCUT2D eigenvalue weighted by atomic mass is 10.0. The second-order valence-corrected chi connectivity index (χ2v) is 9.30. The lowest BCUT2D eigenvalue weighted by Gasteiger charge is -2.18. The van der Waals surface area contributed by atoms with E-state index in [1.54, 1.807) is 36.4 Å². The lowest BCUT2D eigenvalue weighted by Crippen LogP contribution is -2.25. The number of carbonyl (C=O) groups is 2. The Hall–Kier alpha value is -4.52. The highest BCUT2D eigenvalue weighted by molar-refractivity contribution is 6.36. The largest absolute Gasteiger partial charge is 0.359 e. The van der Waals surface area contributed by atoms with Crippen LogP contribution in [0.25, 0.3) is 11.6 Å². The number of halogens is 2. The van der Waals surface area contributed by atoms with Crippen molar-refractivity contribution in [3.8, 4) is 0 Å². The van der Waals surface area contributed by atoms with E-state index < -0.39 is 11.6 Å². The van der Waals surface area contributed by atoms with Crippen molar-refractivity contribution in [2.24, 2.45) is 0 Å². The summed E-state index contributed by atoms with van der Waals surface area (Å²) in [7, 11) is 0. The van der Waals surface area contributed by atoms with Crippen molar-refractivity contribution in [3.05, 3.63) is 118 Å². The molecule has 0 saturated heterocycles. The number of rotatable bonds is 5. The second kappa shape index (κ2) is 9.50. The number of aryl methyl sites for hydroxylation is 3. The molecule has 7 heteroatoms. The van der Waals surface area contributed by atoms with Gasteiger partial charge in [0.25, 0.3) is 11.8 Å². The highest BCUT2D eigenvalue weighted by atomic mass is 19.2. The number of aromatic amines is 1. The monoisotopic (exact) mass is 497 g/mol. The van der Waals surface area contributed by atoms with Crippen molar-refractivity contribution >= 4 is 34.8 Å². The maximum Gasteiger partial charge on any atom is 0.259 e. The number of H-pyrrole nitrogens is 1. The van der Waals surface area contributed by atoms with Gasteiger partial charge in [0.05, 0.1) is 17.8 Å². The van der Waals surface area contributed by atoms with Crippen molar-refractivity contribution in [2.75, 3.05) is 10.2 Å². The maximum atomic E-state index is 13.9. The SMILES string of the molecule is Cc1cccc(C(=O)Nc2ccc3c(c2)/C(=C/c2[nH]c(C)cc2C)C(=O)N3Cc2ccc(F)c(F)c2)c1. The number of aromatic nitrogens is 1.